The van der Waals surface area contributed by atoms with Crippen LogP contribution in [0.3, 0.4) is 0 Å². The van der Waals surface area contributed by atoms with Crippen LogP contribution in [0.15, 0.2) is 36.4 Å². The number of rotatable bonds is 3. The highest BCUT2D eigenvalue weighted by molar-refractivity contribution is 7.27. The summed E-state index contributed by atoms with van der Waals surface area (Å²) < 4.78 is 0. The van der Waals surface area contributed by atoms with E-state index in [1.807, 2.05) is 36.4 Å². The van der Waals surface area contributed by atoms with Gasteiger partial charge in [-0.1, -0.05) is 37.3 Å². The molecule has 0 radical (unpaired) electrons. The molecule has 92 valence electrons. The molecule has 2 atom stereocenters. The molecular formula is C14H13O3P. The van der Waals surface area contributed by atoms with Crippen molar-refractivity contribution in [2.24, 2.45) is 0 Å². The smallest absolute Gasteiger partial charge is 0.372 e. The van der Waals surface area contributed by atoms with Crippen molar-refractivity contribution in [3.05, 3.63) is 42.0 Å². The monoisotopic (exact) mass is 260 g/mol. The van der Waals surface area contributed by atoms with E-state index in [-0.39, 0.29) is 0 Å². The summed E-state index contributed by atoms with van der Waals surface area (Å²) in [5.74, 6) is -2.82. The average Bonchev–Trinajstić information content (AvgIpc) is 2.35. The second-order valence-corrected chi connectivity index (χ2v) is 4.89. The fourth-order valence-electron chi connectivity index (χ4n) is 2.05. The second kappa shape index (κ2) is 4.87. The van der Waals surface area contributed by atoms with Gasteiger partial charge in [0, 0.05) is 0 Å². The number of ketones is 1. The van der Waals surface area contributed by atoms with Crippen LogP contribution in [-0.2, 0) is 9.59 Å². The van der Waals surface area contributed by atoms with E-state index in [0.717, 1.165) is 21.6 Å². The highest BCUT2D eigenvalue weighted by Gasteiger charge is 2.23. The summed E-state index contributed by atoms with van der Waals surface area (Å²) in [5.41, 5.74) is 0.755. The molecule has 18 heavy (non-hydrogen) atoms. The molecule has 0 saturated heterocycles. The van der Waals surface area contributed by atoms with Crippen molar-refractivity contribution in [2.45, 2.75) is 12.8 Å². The maximum absolute atomic E-state index is 11.6. The van der Waals surface area contributed by atoms with E-state index >= 15 is 0 Å². The minimum Gasteiger partial charge on any atom is -0.475 e. The Morgan fingerprint density at radius 3 is 2.56 bits per heavy atom. The Kier molecular flexibility index (Phi) is 3.44. The van der Waals surface area contributed by atoms with Crippen LogP contribution in [0.5, 0.6) is 0 Å². The van der Waals surface area contributed by atoms with E-state index in [1.54, 1.807) is 6.92 Å². The molecule has 0 spiro atoms. The third-order valence-electron chi connectivity index (χ3n) is 2.99. The number of carboxylic acids is 1. The lowest BCUT2D eigenvalue weighted by atomic mass is 9.92. The van der Waals surface area contributed by atoms with Crippen molar-refractivity contribution in [1.29, 1.82) is 0 Å². The summed E-state index contributed by atoms with van der Waals surface area (Å²) in [6.07, 6.45) is 0. The van der Waals surface area contributed by atoms with Crippen LogP contribution >= 0.6 is 9.24 Å². The van der Waals surface area contributed by atoms with Crippen molar-refractivity contribution in [3.8, 4) is 0 Å². The highest BCUT2D eigenvalue weighted by Crippen LogP contribution is 2.26. The van der Waals surface area contributed by atoms with Crippen LogP contribution in [0.25, 0.3) is 10.8 Å². The molecule has 0 heterocycles. The van der Waals surface area contributed by atoms with Crippen LogP contribution in [0, 0.1) is 0 Å². The molecular weight excluding hydrogens is 247 g/mol. The fourth-order valence-corrected chi connectivity index (χ4v) is 2.41. The first kappa shape index (κ1) is 12.7. The van der Waals surface area contributed by atoms with Gasteiger partial charge in [-0.05, 0) is 27.7 Å². The van der Waals surface area contributed by atoms with E-state index in [4.69, 9.17) is 5.11 Å². The first-order valence-electron chi connectivity index (χ1n) is 5.56. The maximum atomic E-state index is 11.6. The third kappa shape index (κ3) is 2.27. The molecule has 3 nitrogen and oxygen atoms in total. The Bertz CT molecular complexity index is 634. The van der Waals surface area contributed by atoms with E-state index in [1.165, 1.54) is 0 Å². The van der Waals surface area contributed by atoms with Gasteiger partial charge in [0.25, 0.3) is 0 Å². The van der Waals surface area contributed by atoms with E-state index in [9.17, 15) is 9.59 Å². The van der Waals surface area contributed by atoms with Crippen LogP contribution < -0.4 is 5.30 Å². The molecule has 0 saturated carbocycles. The maximum Gasteiger partial charge on any atom is 0.372 e. The SMILES string of the molecule is CC(C(=O)C(=O)O)c1cc(P)cc2ccccc12. The van der Waals surface area contributed by atoms with Gasteiger partial charge < -0.3 is 5.11 Å². The van der Waals surface area contributed by atoms with E-state index in [0.29, 0.717) is 0 Å². The molecule has 0 bridgehead atoms. The Morgan fingerprint density at radius 1 is 1.22 bits per heavy atom. The molecule has 0 aliphatic heterocycles. The molecule has 2 aromatic carbocycles. The number of Topliss-reactive ketones (excluding diaryl/α,β-unsaturated/α-hetero) is 1. The summed E-state index contributed by atoms with van der Waals surface area (Å²) in [5, 5.41) is 11.7. The van der Waals surface area contributed by atoms with Gasteiger partial charge >= 0.3 is 5.97 Å². The zero-order valence-corrected chi connectivity index (χ0v) is 11.0. The number of carbonyl (C=O) groups excluding carboxylic acids is 1. The summed E-state index contributed by atoms with van der Waals surface area (Å²) in [7, 11) is 2.58. The normalized spacial score (nSPS) is 12.3. The van der Waals surface area contributed by atoms with Crippen molar-refractivity contribution < 1.29 is 14.7 Å². The summed E-state index contributed by atoms with van der Waals surface area (Å²) in [4.78, 5) is 22.4. The molecule has 0 aromatic heterocycles. The Morgan fingerprint density at radius 2 is 1.89 bits per heavy atom. The number of hydrogen-bond donors (Lipinski definition) is 1. The first-order valence-corrected chi connectivity index (χ1v) is 6.13. The molecule has 2 rings (SSSR count). The van der Waals surface area contributed by atoms with Crippen LogP contribution in [-0.4, -0.2) is 16.9 Å². The van der Waals surface area contributed by atoms with Crippen molar-refractivity contribution >= 4 is 37.1 Å². The molecule has 4 heteroatoms. The molecule has 2 aromatic rings. The van der Waals surface area contributed by atoms with Crippen LogP contribution in [0.4, 0.5) is 0 Å². The van der Waals surface area contributed by atoms with Gasteiger partial charge in [0.05, 0.1) is 5.92 Å². The topological polar surface area (TPSA) is 54.4 Å². The highest BCUT2D eigenvalue weighted by atomic mass is 31.0. The van der Waals surface area contributed by atoms with Crippen LogP contribution in [0.1, 0.15) is 18.4 Å². The lowest BCUT2D eigenvalue weighted by Gasteiger charge is -2.13. The number of carboxylic acid groups (broad SMARTS) is 1. The standard InChI is InChI=1S/C14H13O3P/c1-8(13(15)14(16)17)12-7-10(18)6-9-4-2-3-5-11(9)12/h2-8H,18H2,1H3,(H,16,17). The molecule has 0 amide bonds. The zero-order chi connectivity index (χ0) is 13.3. The quantitative estimate of drug-likeness (QED) is 0.679. The Balaban J connectivity index is 2.63. The van der Waals surface area contributed by atoms with Gasteiger partial charge in [0.1, 0.15) is 0 Å². The predicted octanol–water partition coefficient (Wildman–Crippen LogP) is 2.10. The molecule has 0 fully saturated rings. The van der Waals surface area contributed by atoms with Crippen molar-refractivity contribution in [1.82, 2.24) is 0 Å². The summed E-state index contributed by atoms with van der Waals surface area (Å²) in [6, 6.07) is 11.5. The van der Waals surface area contributed by atoms with E-state index < -0.39 is 17.7 Å². The first-order chi connectivity index (χ1) is 8.50. The van der Waals surface area contributed by atoms with Gasteiger partial charge in [-0.2, -0.15) is 0 Å². The lowest BCUT2D eigenvalue weighted by Crippen LogP contribution is -2.20. The Labute approximate surface area is 107 Å². The zero-order valence-electron chi connectivity index (χ0n) is 9.88. The van der Waals surface area contributed by atoms with Crippen molar-refractivity contribution in [3.63, 3.8) is 0 Å². The predicted molar refractivity (Wildman–Crippen MR) is 74.3 cm³/mol. The van der Waals surface area contributed by atoms with Crippen molar-refractivity contribution in [2.75, 3.05) is 0 Å². The van der Waals surface area contributed by atoms with Gasteiger partial charge in [-0.15, -0.1) is 9.24 Å². The molecule has 1 N–H and O–H groups in total. The number of hydrogen-bond acceptors (Lipinski definition) is 2. The van der Waals surface area contributed by atoms with E-state index in [2.05, 4.69) is 9.24 Å². The summed E-state index contributed by atoms with van der Waals surface area (Å²) in [6.45, 7) is 1.63. The van der Waals surface area contributed by atoms with Crippen LogP contribution in [0.2, 0.25) is 0 Å². The van der Waals surface area contributed by atoms with Gasteiger partial charge in [-0.3, -0.25) is 4.79 Å². The number of fused-ring (bicyclic) bond motifs is 1. The second-order valence-electron chi connectivity index (χ2n) is 4.22. The average molecular weight is 260 g/mol. The molecule has 0 aliphatic rings. The van der Waals surface area contributed by atoms with Gasteiger partial charge in [0.15, 0.2) is 0 Å². The Hall–Kier alpha value is -1.73. The fraction of sp³-hybridized carbons (Fsp3) is 0.143. The molecule has 2 unspecified atom stereocenters. The third-order valence-corrected chi connectivity index (χ3v) is 3.32. The van der Waals surface area contributed by atoms with Gasteiger partial charge in [-0.25, -0.2) is 4.79 Å². The summed E-state index contributed by atoms with van der Waals surface area (Å²) >= 11 is 0. The minimum atomic E-state index is -1.39. The number of benzene rings is 2. The number of aliphatic carboxylic acids is 1. The lowest BCUT2D eigenvalue weighted by molar-refractivity contribution is -0.149. The minimum absolute atomic E-state index is 0.645. The van der Waals surface area contributed by atoms with Gasteiger partial charge in [0.2, 0.25) is 5.78 Å². The molecule has 0 aliphatic carbocycles. The largest absolute Gasteiger partial charge is 0.475 e. The number of carbonyl (C=O) groups is 2.